The highest BCUT2D eigenvalue weighted by atomic mass is 35.5. The van der Waals surface area contributed by atoms with Gasteiger partial charge < -0.3 is 15.7 Å². The Morgan fingerprint density at radius 2 is 2.07 bits per heavy atom. The molecule has 0 spiro atoms. The largest absolute Gasteiger partial charge is 0.396 e. The van der Waals surface area contributed by atoms with Crippen LogP contribution in [0.5, 0.6) is 0 Å². The SMILES string of the molecule is Nc1ccc(Cl)nc1N1CCC(O)CC1. The second kappa shape index (κ2) is 4.24. The van der Waals surface area contributed by atoms with E-state index in [2.05, 4.69) is 9.88 Å². The van der Waals surface area contributed by atoms with Gasteiger partial charge in [0.2, 0.25) is 0 Å². The second-order valence-electron chi connectivity index (χ2n) is 3.77. The van der Waals surface area contributed by atoms with Crippen molar-refractivity contribution in [1.29, 1.82) is 0 Å². The molecule has 0 bridgehead atoms. The fraction of sp³-hybridized carbons (Fsp3) is 0.500. The number of hydrogen-bond acceptors (Lipinski definition) is 4. The van der Waals surface area contributed by atoms with E-state index in [1.807, 2.05) is 0 Å². The first kappa shape index (κ1) is 10.5. The summed E-state index contributed by atoms with van der Waals surface area (Å²) >= 11 is 5.82. The lowest BCUT2D eigenvalue weighted by atomic mass is 10.1. The zero-order valence-corrected chi connectivity index (χ0v) is 9.11. The lowest BCUT2D eigenvalue weighted by molar-refractivity contribution is 0.145. The molecule has 1 aromatic heterocycles. The molecule has 2 heterocycles. The van der Waals surface area contributed by atoms with Gasteiger partial charge in [-0.3, -0.25) is 0 Å². The van der Waals surface area contributed by atoms with E-state index in [1.54, 1.807) is 12.1 Å². The number of nitrogen functional groups attached to an aromatic ring is 1. The minimum atomic E-state index is -0.193. The van der Waals surface area contributed by atoms with Crippen molar-refractivity contribution in [2.75, 3.05) is 23.7 Å². The zero-order chi connectivity index (χ0) is 10.8. The van der Waals surface area contributed by atoms with E-state index in [0.717, 1.165) is 31.7 Å². The van der Waals surface area contributed by atoms with Crippen LogP contribution in [-0.4, -0.2) is 29.3 Å². The summed E-state index contributed by atoms with van der Waals surface area (Å²) in [6, 6.07) is 3.44. The summed E-state index contributed by atoms with van der Waals surface area (Å²) in [5, 5.41) is 9.84. The molecule has 0 aromatic carbocycles. The summed E-state index contributed by atoms with van der Waals surface area (Å²) in [5.41, 5.74) is 6.46. The molecule has 1 aromatic rings. The summed E-state index contributed by atoms with van der Waals surface area (Å²) in [7, 11) is 0. The van der Waals surface area contributed by atoms with Crippen LogP contribution in [0.25, 0.3) is 0 Å². The fourth-order valence-electron chi connectivity index (χ4n) is 1.77. The number of aliphatic hydroxyl groups excluding tert-OH is 1. The highest BCUT2D eigenvalue weighted by Crippen LogP contribution is 2.25. The van der Waals surface area contributed by atoms with E-state index in [4.69, 9.17) is 17.3 Å². The van der Waals surface area contributed by atoms with Gasteiger partial charge in [0.15, 0.2) is 5.82 Å². The number of aliphatic hydroxyl groups is 1. The van der Waals surface area contributed by atoms with Crippen molar-refractivity contribution in [3.05, 3.63) is 17.3 Å². The van der Waals surface area contributed by atoms with E-state index in [9.17, 15) is 5.11 Å². The Balaban J connectivity index is 2.18. The van der Waals surface area contributed by atoms with E-state index in [1.165, 1.54) is 0 Å². The van der Waals surface area contributed by atoms with Crippen LogP contribution in [0.1, 0.15) is 12.8 Å². The number of hydrogen-bond donors (Lipinski definition) is 2. The number of anilines is 2. The minimum absolute atomic E-state index is 0.193. The predicted molar refractivity (Wildman–Crippen MR) is 61.1 cm³/mol. The molecule has 3 N–H and O–H groups in total. The Bertz CT molecular complexity index is 351. The molecule has 0 radical (unpaired) electrons. The monoisotopic (exact) mass is 227 g/mol. The molecule has 2 rings (SSSR count). The summed E-state index contributed by atoms with van der Waals surface area (Å²) < 4.78 is 0. The van der Waals surface area contributed by atoms with Crippen LogP contribution in [0.4, 0.5) is 11.5 Å². The standard InChI is InChI=1S/C10H14ClN3O/c11-9-2-1-8(12)10(13-9)14-5-3-7(15)4-6-14/h1-2,7,15H,3-6,12H2. The van der Waals surface area contributed by atoms with Crippen LogP contribution >= 0.6 is 11.6 Å². The Labute approximate surface area is 93.7 Å². The van der Waals surface area contributed by atoms with Crippen LogP contribution in [0.3, 0.4) is 0 Å². The van der Waals surface area contributed by atoms with E-state index >= 15 is 0 Å². The summed E-state index contributed by atoms with van der Waals surface area (Å²) in [6.07, 6.45) is 1.32. The van der Waals surface area contributed by atoms with Crippen LogP contribution in [0, 0.1) is 0 Å². The maximum absolute atomic E-state index is 9.39. The van der Waals surface area contributed by atoms with Crippen molar-refractivity contribution in [2.45, 2.75) is 18.9 Å². The number of aromatic nitrogens is 1. The fourth-order valence-corrected chi connectivity index (χ4v) is 1.91. The topological polar surface area (TPSA) is 62.4 Å². The Morgan fingerprint density at radius 1 is 1.40 bits per heavy atom. The van der Waals surface area contributed by atoms with Crippen LogP contribution in [0.2, 0.25) is 5.15 Å². The molecular weight excluding hydrogens is 214 g/mol. The molecule has 15 heavy (non-hydrogen) atoms. The van der Waals surface area contributed by atoms with Crippen LogP contribution < -0.4 is 10.6 Å². The molecule has 5 heteroatoms. The number of pyridine rings is 1. The molecule has 82 valence electrons. The lowest BCUT2D eigenvalue weighted by Crippen LogP contribution is -2.36. The molecule has 0 amide bonds. The highest BCUT2D eigenvalue weighted by molar-refractivity contribution is 6.29. The first-order valence-electron chi connectivity index (χ1n) is 5.02. The maximum atomic E-state index is 9.39. The summed E-state index contributed by atoms with van der Waals surface area (Å²) in [4.78, 5) is 6.27. The van der Waals surface area contributed by atoms with E-state index in [0.29, 0.717) is 10.8 Å². The van der Waals surface area contributed by atoms with Gasteiger partial charge in [-0.25, -0.2) is 4.98 Å². The average molecular weight is 228 g/mol. The average Bonchev–Trinajstić information content (AvgIpc) is 2.23. The third-order valence-corrected chi connectivity index (χ3v) is 2.85. The lowest BCUT2D eigenvalue weighted by Gasteiger charge is -2.31. The van der Waals surface area contributed by atoms with Crippen molar-refractivity contribution in [2.24, 2.45) is 0 Å². The van der Waals surface area contributed by atoms with Crippen molar-refractivity contribution in [3.8, 4) is 0 Å². The van der Waals surface area contributed by atoms with Gasteiger partial charge >= 0.3 is 0 Å². The van der Waals surface area contributed by atoms with E-state index < -0.39 is 0 Å². The van der Waals surface area contributed by atoms with Gasteiger partial charge in [-0.1, -0.05) is 11.6 Å². The van der Waals surface area contributed by atoms with Crippen molar-refractivity contribution < 1.29 is 5.11 Å². The number of rotatable bonds is 1. The summed E-state index contributed by atoms with van der Waals surface area (Å²) in [6.45, 7) is 1.55. The second-order valence-corrected chi connectivity index (χ2v) is 4.15. The number of halogens is 1. The van der Waals surface area contributed by atoms with Gasteiger partial charge in [-0.15, -0.1) is 0 Å². The van der Waals surface area contributed by atoms with Crippen molar-refractivity contribution in [1.82, 2.24) is 4.98 Å². The normalized spacial score (nSPS) is 18.1. The molecule has 4 nitrogen and oxygen atoms in total. The third-order valence-electron chi connectivity index (χ3n) is 2.64. The first-order chi connectivity index (χ1) is 7.16. The van der Waals surface area contributed by atoms with Crippen LogP contribution in [0.15, 0.2) is 12.1 Å². The smallest absolute Gasteiger partial charge is 0.153 e. The van der Waals surface area contributed by atoms with Crippen LogP contribution in [-0.2, 0) is 0 Å². The third kappa shape index (κ3) is 2.33. The molecular formula is C10H14ClN3O. The van der Waals surface area contributed by atoms with Gasteiger partial charge in [0.05, 0.1) is 11.8 Å². The molecule has 0 atom stereocenters. The van der Waals surface area contributed by atoms with Gasteiger partial charge in [0, 0.05) is 13.1 Å². The van der Waals surface area contributed by atoms with Gasteiger partial charge in [0.1, 0.15) is 5.15 Å². The summed E-state index contributed by atoms with van der Waals surface area (Å²) in [5.74, 6) is 0.731. The predicted octanol–water partition coefficient (Wildman–Crippen LogP) is 1.28. The van der Waals surface area contributed by atoms with E-state index in [-0.39, 0.29) is 6.10 Å². The molecule has 1 saturated heterocycles. The Kier molecular flexibility index (Phi) is 2.98. The Hall–Kier alpha value is -1.00. The van der Waals surface area contributed by atoms with Crippen molar-refractivity contribution in [3.63, 3.8) is 0 Å². The Morgan fingerprint density at radius 3 is 2.73 bits per heavy atom. The number of nitrogens with zero attached hydrogens (tertiary/aromatic N) is 2. The maximum Gasteiger partial charge on any atom is 0.153 e. The molecule has 1 fully saturated rings. The van der Waals surface area contributed by atoms with Gasteiger partial charge in [-0.05, 0) is 25.0 Å². The molecule has 0 unspecified atom stereocenters. The number of piperidine rings is 1. The first-order valence-corrected chi connectivity index (χ1v) is 5.39. The molecule has 0 aliphatic carbocycles. The highest BCUT2D eigenvalue weighted by Gasteiger charge is 2.19. The quantitative estimate of drug-likeness (QED) is 0.710. The molecule has 1 aliphatic rings. The van der Waals surface area contributed by atoms with Crippen molar-refractivity contribution >= 4 is 23.1 Å². The number of nitrogens with two attached hydrogens (primary N) is 1. The van der Waals surface area contributed by atoms with Gasteiger partial charge in [0.25, 0.3) is 0 Å². The molecule has 0 saturated carbocycles. The minimum Gasteiger partial charge on any atom is -0.396 e. The zero-order valence-electron chi connectivity index (χ0n) is 8.36. The molecule has 1 aliphatic heterocycles. The van der Waals surface area contributed by atoms with Gasteiger partial charge in [-0.2, -0.15) is 0 Å².